The molecule has 1 fully saturated rings. The van der Waals surface area contributed by atoms with Gasteiger partial charge in [0.25, 0.3) is 5.91 Å². The van der Waals surface area contributed by atoms with Crippen LogP contribution in [0.3, 0.4) is 0 Å². The van der Waals surface area contributed by atoms with Crippen LogP contribution in [0.4, 0.5) is 10.2 Å². The van der Waals surface area contributed by atoms with Gasteiger partial charge in [0.2, 0.25) is 0 Å². The summed E-state index contributed by atoms with van der Waals surface area (Å²) in [7, 11) is 0. The first-order valence-corrected chi connectivity index (χ1v) is 11.4. The average molecular weight is 447 g/mol. The molecule has 2 heterocycles. The second kappa shape index (κ2) is 8.93. The molecule has 0 bridgehead atoms. The number of aryl methyl sites for hydroxylation is 1. The van der Waals surface area contributed by atoms with Gasteiger partial charge in [-0.1, -0.05) is 45.0 Å². The monoisotopic (exact) mass is 446 g/mol. The second-order valence-corrected chi connectivity index (χ2v) is 9.70. The summed E-state index contributed by atoms with van der Waals surface area (Å²) in [5, 5.41) is 0. The zero-order chi connectivity index (χ0) is 23.8. The van der Waals surface area contributed by atoms with Crippen LogP contribution in [0.2, 0.25) is 0 Å². The molecule has 2 aromatic carbocycles. The first-order chi connectivity index (χ1) is 15.6. The number of piperazine rings is 1. The minimum atomic E-state index is -0.307. The van der Waals surface area contributed by atoms with E-state index in [2.05, 4.69) is 30.7 Å². The molecule has 33 heavy (non-hydrogen) atoms. The summed E-state index contributed by atoms with van der Waals surface area (Å²) in [5.41, 5.74) is 4.54. The van der Waals surface area contributed by atoms with Crippen LogP contribution in [0.15, 0.2) is 48.5 Å². The number of rotatable bonds is 3. The molecular weight excluding hydrogens is 415 g/mol. The van der Waals surface area contributed by atoms with E-state index in [1.54, 1.807) is 6.07 Å². The molecule has 0 saturated carbocycles. The minimum absolute atomic E-state index is 0.0606. The zero-order valence-electron chi connectivity index (χ0n) is 20.0. The third kappa shape index (κ3) is 4.90. The Morgan fingerprint density at radius 3 is 2.21 bits per heavy atom. The van der Waals surface area contributed by atoms with Crippen molar-refractivity contribution in [3.8, 4) is 11.4 Å². The van der Waals surface area contributed by atoms with E-state index >= 15 is 0 Å². The molecule has 1 aliphatic heterocycles. The van der Waals surface area contributed by atoms with Gasteiger partial charge in [-0.25, -0.2) is 14.4 Å². The summed E-state index contributed by atoms with van der Waals surface area (Å²) >= 11 is 0. The standard InChI is InChI=1S/C27H31FN4O/c1-18-19(2)29-24(21-7-6-8-23(28)17-21)30-25(18)31-13-15-32(16-14-31)26(33)20-9-11-22(12-10-20)27(3,4)5/h6-12,17H,13-16H2,1-5H3. The van der Waals surface area contributed by atoms with Gasteiger partial charge in [-0.2, -0.15) is 0 Å². The van der Waals surface area contributed by atoms with Gasteiger partial charge < -0.3 is 9.80 Å². The third-order valence-corrected chi connectivity index (χ3v) is 6.31. The van der Waals surface area contributed by atoms with Crippen molar-refractivity contribution in [2.24, 2.45) is 0 Å². The average Bonchev–Trinajstić information content (AvgIpc) is 2.80. The molecule has 1 aliphatic rings. The Balaban J connectivity index is 1.49. The first kappa shape index (κ1) is 22.9. The Hall–Kier alpha value is -3.28. The molecule has 3 aromatic rings. The number of hydrogen-bond donors (Lipinski definition) is 0. The topological polar surface area (TPSA) is 49.3 Å². The first-order valence-electron chi connectivity index (χ1n) is 11.4. The van der Waals surface area contributed by atoms with Crippen molar-refractivity contribution in [3.63, 3.8) is 0 Å². The molecule has 0 N–H and O–H groups in total. The number of carbonyl (C=O) groups excluding carboxylic acids is 1. The largest absolute Gasteiger partial charge is 0.353 e. The van der Waals surface area contributed by atoms with Crippen molar-refractivity contribution in [1.29, 1.82) is 0 Å². The van der Waals surface area contributed by atoms with Crippen LogP contribution in [-0.4, -0.2) is 47.0 Å². The summed E-state index contributed by atoms with van der Waals surface area (Å²) < 4.78 is 13.7. The molecule has 4 rings (SSSR count). The number of anilines is 1. The van der Waals surface area contributed by atoms with E-state index in [1.807, 2.05) is 49.1 Å². The van der Waals surface area contributed by atoms with Gasteiger partial charge in [0, 0.05) is 48.6 Å². The van der Waals surface area contributed by atoms with Crippen molar-refractivity contribution in [2.45, 2.75) is 40.0 Å². The van der Waals surface area contributed by atoms with E-state index in [-0.39, 0.29) is 17.1 Å². The molecule has 5 nitrogen and oxygen atoms in total. The van der Waals surface area contributed by atoms with Crippen LogP contribution in [0, 0.1) is 19.7 Å². The number of benzene rings is 2. The third-order valence-electron chi connectivity index (χ3n) is 6.31. The Kier molecular flexibility index (Phi) is 6.19. The summed E-state index contributed by atoms with van der Waals surface area (Å²) in [6, 6.07) is 14.3. The van der Waals surface area contributed by atoms with Crippen LogP contribution >= 0.6 is 0 Å². The summed E-state index contributed by atoms with van der Waals surface area (Å²) in [6.45, 7) is 13.1. The van der Waals surface area contributed by atoms with E-state index in [4.69, 9.17) is 4.98 Å². The number of aromatic nitrogens is 2. The van der Waals surface area contributed by atoms with Crippen molar-refractivity contribution >= 4 is 11.7 Å². The quantitative estimate of drug-likeness (QED) is 0.558. The lowest BCUT2D eigenvalue weighted by Gasteiger charge is -2.36. The fourth-order valence-corrected chi connectivity index (χ4v) is 4.09. The number of halogens is 1. The van der Waals surface area contributed by atoms with Gasteiger partial charge in [-0.15, -0.1) is 0 Å². The Labute approximate surface area is 195 Å². The highest BCUT2D eigenvalue weighted by Gasteiger charge is 2.25. The maximum Gasteiger partial charge on any atom is 0.253 e. The Morgan fingerprint density at radius 1 is 0.939 bits per heavy atom. The summed E-state index contributed by atoms with van der Waals surface area (Å²) in [5.74, 6) is 1.12. The molecule has 6 heteroatoms. The predicted molar refractivity (Wildman–Crippen MR) is 130 cm³/mol. The Bertz CT molecular complexity index is 1160. The number of hydrogen-bond acceptors (Lipinski definition) is 4. The fourth-order valence-electron chi connectivity index (χ4n) is 4.09. The minimum Gasteiger partial charge on any atom is -0.353 e. The van der Waals surface area contributed by atoms with Crippen molar-refractivity contribution in [1.82, 2.24) is 14.9 Å². The smallest absolute Gasteiger partial charge is 0.253 e. The molecule has 0 aliphatic carbocycles. The van der Waals surface area contributed by atoms with E-state index in [1.165, 1.54) is 17.7 Å². The van der Waals surface area contributed by atoms with Gasteiger partial charge in [-0.05, 0) is 49.1 Å². The molecule has 0 atom stereocenters. The number of carbonyl (C=O) groups is 1. The zero-order valence-corrected chi connectivity index (χ0v) is 20.0. The lowest BCUT2D eigenvalue weighted by Crippen LogP contribution is -2.49. The lowest BCUT2D eigenvalue weighted by molar-refractivity contribution is 0.0746. The van der Waals surface area contributed by atoms with Crippen LogP contribution in [0.25, 0.3) is 11.4 Å². The highest BCUT2D eigenvalue weighted by Crippen LogP contribution is 2.26. The van der Waals surface area contributed by atoms with Gasteiger partial charge in [-0.3, -0.25) is 4.79 Å². The fraction of sp³-hybridized carbons (Fsp3) is 0.370. The maximum absolute atomic E-state index is 13.7. The van der Waals surface area contributed by atoms with Crippen molar-refractivity contribution in [2.75, 3.05) is 31.1 Å². The lowest BCUT2D eigenvalue weighted by atomic mass is 9.86. The van der Waals surface area contributed by atoms with Crippen LogP contribution < -0.4 is 4.90 Å². The van der Waals surface area contributed by atoms with E-state index in [9.17, 15) is 9.18 Å². The van der Waals surface area contributed by atoms with Crippen LogP contribution in [-0.2, 0) is 5.41 Å². The highest BCUT2D eigenvalue weighted by atomic mass is 19.1. The van der Waals surface area contributed by atoms with Gasteiger partial charge in [0.1, 0.15) is 11.6 Å². The van der Waals surface area contributed by atoms with Gasteiger partial charge in [0.05, 0.1) is 0 Å². The van der Waals surface area contributed by atoms with E-state index < -0.39 is 0 Å². The summed E-state index contributed by atoms with van der Waals surface area (Å²) in [6.07, 6.45) is 0. The molecule has 1 amide bonds. The van der Waals surface area contributed by atoms with Gasteiger partial charge >= 0.3 is 0 Å². The molecule has 172 valence electrons. The van der Waals surface area contributed by atoms with E-state index in [0.29, 0.717) is 37.6 Å². The SMILES string of the molecule is Cc1nc(-c2cccc(F)c2)nc(N2CCN(C(=O)c3ccc(C(C)(C)C)cc3)CC2)c1C. The van der Waals surface area contributed by atoms with E-state index in [0.717, 1.165) is 22.6 Å². The van der Waals surface area contributed by atoms with Crippen molar-refractivity contribution < 1.29 is 9.18 Å². The highest BCUT2D eigenvalue weighted by molar-refractivity contribution is 5.94. The summed E-state index contributed by atoms with van der Waals surface area (Å²) in [4.78, 5) is 26.5. The number of nitrogens with zero attached hydrogens (tertiary/aromatic N) is 4. The Morgan fingerprint density at radius 2 is 1.61 bits per heavy atom. The molecule has 1 aromatic heterocycles. The predicted octanol–water partition coefficient (Wildman–Crippen LogP) is 5.16. The van der Waals surface area contributed by atoms with Crippen LogP contribution in [0.5, 0.6) is 0 Å². The molecule has 0 unspecified atom stereocenters. The molecule has 1 saturated heterocycles. The molecule has 0 radical (unpaired) electrons. The molecule has 0 spiro atoms. The van der Waals surface area contributed by atoms with Crippen molar-refractivity contribution in [3.05, 3.63) is 76.7 Å². The molecular formula is C27H31FN4O. The second-order valence-electron chi connectivity index (χ2n) is 9.70. The maximum atomic E-state index is 13.7. The number of amides is 1. The van der Waals surface area contributed by atoms with Gasteiger partial charge in [0.15, 0.2) is 5.82 Å². The normalized spacial score (nSPS) is 14.5. The van der Waals surface area contributed by atoms with Crippen LogP contribution in [0.1, 0.15) is 48.0 Å².